The summed E-state index contributed by atoms with van der Waals surface area (Å²) in [6.07, 6.45) is 3.50. The summed E-state index contributed by atoms with van der Waals surface area (Å²) in [6, 6.07) is 10.4. The van der Waals surface area contributed by atoms with Gasteiger partial charge in [-0.2, -0.15) is 0 Å². The molecular weight excluding hydrogens is 324 g/mol. The molecule has 1 N–H and O–H groups in total. The zero-order valence-corrected chi connectivity index (χ0v) is 13.1. The molecule has 25 heavy (non-hydrogen) atoms. The van der Waals surface area contributed by atoms with Crippen LogP contribution in [0.3, 0.4) is 0 Å². The van der Waals surface area contributed by atoms with Crippen LogP contribution in [-0.4, -0.2) is 32.9 Å². The van der Waals surface area contributed by atoms with Crippen molar-refractivity contribution < 1.29 is 14.5 Å². The van der Waals surface area contributed by atoms with Crippen LogP contribution in [0.25, 0.3) is 5.65 Å². The largest absolute Gasteiger partial charge is 0.491 e. The van der Waals surface area contributed by atoms with E-state index in [1.165, 1.54) is 28.9 Å². The Morgan fingerprint density at radius 3 is 2.96 bits per heavy atom. The maximum atomic E-state index is 12.4. The van der Waals surface area contributed by atoms with E-state index in [9.17, 15) is 14.9 Å². The molecule has 1 aliphatic heterocycles. The number of amides is 1. The molecule has 3 heterocycles. The number of hydrogen-bond acceptors (Lipinski definition) is 5. The molecule has 0 spiro atoms. The second-order valence-electron chi connectivity index (χ2n) is 5.83. The lowest BCUT2D eigenvalue weighted by Crippen LogP contribution is -2.42. The van der Waals surface area contributed by atoms with Gasteiger partial charge in [0.25, 0.3) is 11.6 Å². The number of carbonyl (C=O) groups excluding carboxylic acids is 1. The smallest absolute Gasteiger partial charge is 0.286 e. The van der Waals surface area contributed by atoms with Gasteiger partial charge in [-0.3, -0.25) is 19.3 Å². The standard InChI is InChI=1S/C17H14N4O4/c22-17(18-12-7-11-3-1-2-4-15(11)25-10-12)14-9-20-8-13(21(23)24)5-6-16(20)19-14/h1-6,8-9,12H,7,10H2,(H,18,22)/t12-/m1/s1. The van der Waals surface area contributed by atoms with Gasteiger partial charge in [-0.25, -0.2) is 4.98 Å². The molecule has 0 fully saturated rings. The molecule has 126 valence electrons. The van der Waals surface area contributed by atoms with E-state index in [4.69, 9.17) is 4.74 Å². The Labute approximate surface area is 142 Å². The van der Waals surface area contributed by atoms with Crippen molar-refractivity contribution in [3.8, 4) is 5.75 Å². The van der Waals surface area contributed by atoms with E-state index in [2.05, 4.69) is 10.3 Å². The molecule has 0 radical (unpaired) electrons. The summed E-state index contributed by atoms with van der Waals surface area (Å²) >= 11 is 0. The summed E-state index contributed by atoms with van der Waals surface area (Å²) < 4.78 is 7.13. The average molecular weight is 338 g/mol. The zero-order chi connectivity index (χ0) is 17.4. The van der Waals surface area contributed by atoms with E-state index >= 15 is 0 Å². The Morgan fingerprint density at radius 1 is 1.28 bits per heavy atom. The summed E-state index contributed by atoms with van der Waals surface area (Å²) in [7, 11) is 0. The van der Waals surface area contributed by atoms with Gasteiger partial charge in [-0.1, -0.05) is 18.2 Å². The zero-order valence-electron chi connectivity index (χ0n) is 13.1. The highest BCUT2D eigenvalue weighted by Crippen LogP contribution is 2.24. The molecule has 0 unspecified atom stereocenters. The topological polar surface area (TPSA) is 98.8 Å². The number of nitrogens with one attached hydrogen (secondary N) is 1. The number of benzene rings is 1. The molecule has 0 saturated carbocycles. The Balaban J connectivity index is 1.52. The molecule has 4 rings (SSSR count). The summed E-state index contributed by atoms with van der Waals surface area (Å²) in [5.41, 5.74) is 1.67. The molecular formula is C17H14N4O4. The highest BCUT2D eigenvalue weighted by atomic mass is 16.6. The van der Waals surface area contributed by atoms with Gasteiger partial charge in [0.1, 0.15) is 23.7 Å². The lowest BCUT2D eigenvalue weighted by molar-refractivity contribution is -0.385. The molecule has 8 nitrogen and oxygen atoms in total. The molecule has 1 aromatic carbocycles. The summed E-state index contributed by atoms with van der Waals surface area (Å²) in [5.74, 6) is 0.507. The molecule has 0 aliphatic carbocycles. The summed E-state index contributed by atoms with van der Waals surface area (Å²) in [4.78, 5) is 27.0. The van der Waals surface area contributed by atoms with Gasteiger partial charge >= 0.3 is 0 Å². The van der Waals surface area contributed by atoms with Crippen LogP contribution < -0.4 is 10.1 Å². The van der Waals surface area contributed by atoms with E-state index in [0.717, 1.165) is 11.3 Å². The lowest BCUT2D eigenvalue weighted by Gasteiger charge is -2.25. The maximum absolute atomic E-state index is 12.4. The van der Waals surface area contributed by atoms with E-state index in [1.807, 2.05) is 24.3 Å². The fourth-order valence-electron chi connectivity index (χ4n) is 2.88. The first kappa shape index (κ1) is 15.1. The van der Waals surface area contributed by atoms with Crippen LogP contribution in [0.4, 0.5) is 5.69 Å². The highest BCUT2D eigenvalue weighted by molar-refractivity contribution is 5.93. The third-order valence-electron chi connectivity index (χ3n) is 4.09. The number of aromatic nitrogens is 2. The van der Waals surface area contributed by atoms with Crippen molar-refractivity contribution in [2.24, 2.45) is 0 Å². The van der Waals surface area contributed by atoms with Crippen LogP contribution in [0.15, 0.2) is 48.8 Å². The van der Waals surface area contributed by atoms with Crippen molar-refractivity contribution in [2.45, 2.75) is 12.5 Å². The van der Waals surface area contributed by atoms with Gasteiger partial charge in [0.05, 0.1) is 17.2 Å². The number of nitrogens with zero attached hydrogens (tertiary/aromatic N) is 3. The van der Waals surface area contributed by atoms with Crippen molar-refractivity contribution in [1.29, 1.82) is 0 Å². The minimum atomic E-state index is -0.490. The van der Waals surface area contributed by atoms with Crippen molar-refractivity contribution >= 4 is 17.2 Å². The Hall–Kier alpha value is -3.42. The SMILES string of the molecule is O=C(N[C@H]1COc2ccccc2C1)c1cn2cc([N+](=O)[O-])ccc2n1. The third-order valence-corrected chi connectivity index (χ3v) is 4.09. The molecule has 8 heteroatoms. The number of imidazole rings is 1. The number of pyridine rings is 1. The van der Waals surface area contributed by atoms with E-state index in [1.54, 1.807) is 0 Å². The van der Waals surface area contributed by atoms with Gasteiger partial charge < -0.3 is 10.1 Å². The molecule has 3 aromatic rings. The van der Waals surface area contributed by atoms with Crippen LogP contribution in [-0.2, 0) is 6.42 Å². The number of fused-ring (bicyclic) bond motifs is 2. The first-order valence-corrected chi connectivity index (χ1v) is 7.75. The average Bonchev–Trinajstić information content (AvgIpc) is 3.05. The fourth-order valence-corrected chi connectivity index (χ4v) is 2.88. The Kier molecular flexibility index (Phi) is 3.57. The Bertz CT molecular complexity index is 982. The lowest BCUT2D eigenvalue weighted by atomic mass is 10.0. The number of ether oxygens (including phenoxy) is 1. The van der Waals surface area contributed by atoms with Crippen molar-refractivity contribution in [3.63, 3.8) is 0 Å². The van der Waals surface area contributed by atoms with Crippen molar-refractivity contribution in [2.75, 3.05) is 6.61 Å². The Morgan fingerprint density at radius 2 is 2.12 bits per heavy atom. The predicted molar refractivity (Wildman–Crippen MR) is 88.7 cm³/mol. The van der Waals surface area contributed by atoms with Gasteiger partial charge in [-0.15, -0.1) is 0 Å². The molecule has 1 aliphatic rings. The molecule has 1 atom stereocenters. The molecule has 0 saturated heterocycles. The van der Waals surface area contributed by atoms with Gasteiger partial charge in [0, 0.05) is 12.3 Å². The van der Waals surface area contributed by atoms with Crippen molar-refractivity contribution in [1.82, 2.24) is 14.7 Å². The summed E-state index contributed by atoms with van der Waals surface area (Å²) in [6.45, 7) is 0.390. The maximum Gasteiger partial charge on any atom is 0.286 e. The number of rotatable bonds is 3. The highest BCUT2D eigenvalue weighted by Gasteiger charge is 2.22. The monoisotopic (exact) mass is 338 g/mol. The molecule has 1 amide bonds. The number of nitro groups is 1. The molecule has 0 bridgehead atoms. The summed E-state index contributed by atoms with van der Waals surface area (Å²) in [5, 5.41) is 13.7. The van der Waals surface area contributed by atoms with Crippen LogP contribution in [0.1, 0.15) is 16.1 Å². The second kappa shape index (κ2) is 5.90. The van der Waals surface area contributed by atoms with Gasteiger partial charge in [0.2, 0.25) is 0 Å². The van der Waals surface area contributed by atoms with Crippen LogP contribution >= 0.6 is 0 Å². The molecule has 2 aromatic heterocycles. The van der Waals surface area contributed by atoms with Crippen LogP contribution in [0, 0.1) is 10.1 Å². The first-order chi connectivity index (χ1) is 12.1. The van der Waals surface area contributed by atoms with E-state index in [0.29, 0.717) is 18.7 Å². The fraction of sp³-hybridized carbons (Fsp3) is 0.176. The van der Waals surface area contributed by atoms with E-state index < -0.39 is 4.92 Å². The minimum Gasteiger partial charge on any atom is -0.491 e. The normalized spacial score (nSPS) is 16.1. The third kappa shape index (κ3) is 2.89. The second-order valence-corrected chi connectivity index (χ2v) is 5.83. The predicted octanol–water partition coefficient (Wildman–Crippen LogP) is 1.98. The van der Waals surface area contributed by atoms with Crippen LogP contribution in [0.5, 0.6) is 5.75 Å². The number of para-hydroxylation sites is 1. The van der Waals surface area contributed by atoms with Crippen LogP contribution in [0.2, 0.25) is 0 Å². The first-order valence-electron chi connectivity index (χ1n) is 7.75. The van der Waals surface area contributed by atoms with Gasteiger partial charge in [0.15, 0.2) is 0 Å². The minimum absolute atomic E-state index is 0.0610. The van der Waals surface area contributed by atoms with E-state index in [-0.39, 0.29) is 23.3 Å². The van der Waals surface area contributed by atoms with Gasteiger partial charge in [-0.05, 0) is 24.1 Å². The van der Waals surface area contributed by atoms with Crippen molar-refractivity contribution in [3.05, 3.63) is 70.2 Å². The number of hydrogen-bond donors (Lipinski definition) is 1. The quantitative estimate of drug-likeness (QED) is 0.581. The number of carbonyl (C=O) groups is 1.